The summed E-state index contributed by atoms with van der Waals surface area (Å²) >= 11 is 0. The average molecular weight is 259 g/mol. The molecule has 0 heterocycles. The number of carbonyl (C=O) groups excluding carboxylic acids is 1. The van der Waals surface area contributed by atoms with Crippen molar-refractivity contribution in [2.24, 2.45) is 0 Å². The minimum absolute atomic E-state index is 0.201. The van der Waals surface area contributed by atoms with E-state index in [1.54, 1.807) is 31.2 Å². The van der Waals surface area contributed by atoms with Gasteiger partial charge in [-0.15, -0.1) is 0 Å². The van der Waals surface area contributed by atoms with Gasteiger partial charge >= 0.3 is 0 Å². The van der Waals surface area contributed by atoms with Crippen LogP contribution in [0.25, 0.3) is 0 Å². The molecule has 0 fully saturated rings. The van der Waals surface area contributed by atoms with Gasteiger partial charge in [-0.3, -0.25) is 4.79 Å². The second-order valence-electron chi connectivity index (χ2n) is 4.03. The van der Waals surface area contributed by atoms with E-state index in [1.165, 1.54) is 18.2 Å². The van der Waals surface area contributed by atoms with Gasteiger partial charge in [0.15, 0.2) is 5.78 Å². The van der Waals surface area contributed by atoms with Gasteiger partial charge in [0.2, 0.25) is 0 Å². The van der Waals surface area contributed by atoms with Gasteiger partial charge in [-0.25, -0.2) is 4.39 Å². The number of halogens is 1. The maximum absolute atomic E-state index is 13.3. The van der Waals surface area contributed by atoms with Crippen molar-refractivity contribution in [1.29, 1.82) is 0 Å². The summed E-state index contributed by atoms with van der Waals surface area (Å²) in [7, 11) is 0. The van der Waals surface area contributed by atoms with Crippen molar-refractivity contribution in [3.8, 4) is 5.75 Å². The molecule has 2 rings (SSSR count). The van der Waals surface area contributed by atoms with Crippen LogP contribution in [-0.2, 0) is 0 Å². The fraction of sp³-hybridized carbons (Fsp3) is 0.133. The number of hydrogen-bond acceptors (Lipinski definition) is 3. The van der Waals surface area contributed by atoms with E-state index in [-0.39, 0.29) is 11.3 Å². The third kappa shape index (κ3) is 2.91. The molecule has 0 aromatic heterocycles. The van der Waals surface area contributed by atoms with Crippen LogP contribution < -0.4 is 10.5 Å². The molecule has 0 amide bonds. The second kappa shape index (κ2) is 5.52. The number of hydrogen-bond donors (Lipinski definition) is 1. The number of anilines is 1. The number of nitrogen functional groups attached to an aromatic ring is 1. The molecular formula is C15H14FNO2. The normalized spacial score (nSPS) is 10.2. The van der Waals surface area contributed by atoms with Gasteiger partial charge in [-0.1, -0.05) is 12.1 Å². The number of carbonyl (C=O) groups is 1. The van der Waals surface area contributed by atoms with Crippen LogP contribution in [0, 0.1) is 5.82 Å². The van der Waals surface area contributed by atoms with Crippen LogP contribution in [-0.4, -0.2) is 12.4 Å². The highest BCUT2D eigenvalue weighted by molar-refractivity contribution is 6.11. The lowest BCUT2D eigenvalue weighted by atomic mass is 10.0. The number of rotatable bonds is 4. The van der Waals surface area contributed by atoms with Crippen LogP contribution in [0.2, 0.25) is 0 Å². The molecule has 2 aromatic rings. The molecule has 0 aliphatic heterocycles. The number of ketones is 1. The molecule has 0 unspecified atom stereocenters. The smallest absolute Gasteiger partial charge is 0.196 e. The molecule has 0 saturated heterocycles. The quantitative estimate of drug-likeness (QED) is 0.678. The molecule has 0 aliphatic carbocycles. The van der Waals surface area contributed by atoms with Crippen molar-refractivity contribution in [2.75, 3.05) is 12.3 Å². The lowest BCUT2D eigenvalue weighted by Crippen LogP contribution is -2.06. The molecule has 4 heteroatoms. The van der Waals surface area contributed by atoms with Crippen molar-refractivity contribution < 1.29 is 13.9 Å². The standard InChI is InChI=1S/C15H14FNO2/c1-2-19-14-7-6-11(16)9-13(14)15(18)10-4-3-5-12(17)8-10/h3-9H,2,17H2,1H3. The molecule has 0 atom stereocenters. The summed E-state index contributed by atoms with van der Waals surface area (Å²) in [5.74, 6) is -0.415. The van der Waals surface area contributed by atoms with E-state index in [0.29, 0.717) is 23.6 Å². The Morgan fingerprint density at radius 1 is 1.26 bits per heavy atom. The summed E-state index contributed by atoms with van der Waals surface area (Å²) < 4.78 is 18.7. The van der Waals surface area contributed by atoms with Crippen LogP contribution in [0.5, 0.6) is 5.75 Å². The Bertz CT molecular complexity index is 611. The van der Waals surface area contributed by atoms with Gasteiger partial charge < -0.3 is 10.5 Å². The predicted octanol–water partition coefficient (Wildman–Crippen LogP) is 3.04. The van der Waals surface area contributed by atoms with Crippen molar-refractivity contribution >= 4 is 11.5 Å². The summed E-state index contributed by atoms with van der Waals surface area (Å²) in [6, 6.07) is 10.5. The summed E-state index contributed by atoms with van der Waals surface area (Å²) in [6.07, 6.45) is 0. The molecule has 0 bridgehead atoms. The third-order valence-electron chi connectivity index (χ3n) is 2.63. The molecular weight excluding hydrogens is 245 g/mol. The summed E-state index contributed by atoms with van der Waals surface area (Å²) in [4.78, 5) is 12.3. The first-order valence-electron chi connectivity index (χ1n) is 5.94. The van der Waals surface area contributed by atoms with E-state index >= 15 is 0 Å². The van der Waals surface area contributed by atoms with Crippen molar-refractivity contribution in [3.63, 3.8) is 0 Å². The Morgan fingerprint density at radius 3 is 2.74 bits per heavy atom. The molecule has 2 aromatic carbocycles. The highest BCUT2D eigenvalue weighted by atomic mass is 19.1. The molecule has 3 nitrogen and oxygen atoms in total. The fourth-order valence-electron chi connectivity index (χ4n) is 1.80. The second-order valence-corrected chi connectivity index (χ2v) is 4.03. The fourth-order valence-corrected chi connectivity index (χ4v) is 1.80. The highest BCUT2D eigenvalue weighted by Crippen LogP contribution is 2.23. The first-order chi connectivity index (χ1) is 9.11. The van der Waals surface area contributed by atoms with Gasteiger partial charge in [0, 0.05) is 11.3 Å². The SMILES string of the molecule is CCOc1ccc(F)cc1C(=O)c1cccc(N)c1. The Hall–Kier alpha value is -2.36. The average Bonchev–Trinajstić information content (AvgIpc) is 2.40. The van der Waals surface area contributed by atoms with Gasteiger partial charge in [-0.2, -0.15) is 0 Å². The lowest BCUT2D eigenvalue weighted by molar-refractivity contribution is 0.103. The monoisotopic (exact) mass is 259 g/mol. The number of benzene rings is 2. The molecule has 2 N–H and O–H groups in total. The van der Waals surface area contributed by atoms with Gasteiger partial charge in [-0.05, 0) is 37.3 Å². The van der Waals surface area contributed by atoms with Crippen LogP contribution in [0.1, 0.15) is 22.8 Å². The topological polar surface area (TPSA) is 52.3 Å². The highest BCUT2D eigenvalue weighted by Gasteiger charge is 2.15. The Labute approximate surface area is 110 Å². The van der Waals surface area contributed by atoms with E-state index in [4.69, 9.17) is 10.5 Å². The first-order valence-corrected chi connectivity index (χ1v) is 5.94. The summed E-state index contributed by atoms with van der Waals surface area (Å²) in [6.45, 7) is 2.21. The maximum Gasteiger partial charge on any atom is 0.196 e. The van der Waals surface area contributed by atoms with E-state index in [2.05, 4.69) is 0 Å². The molecule has 0 spiro atoms. The predicted molar refractivity (Wildman–Crippen MR) is 71.9 cm³/mol. The van der Waals surface area contributed by atoms with E-state index in [1.807, 2.05) is 0 Å². The third-order valence-corrected chi connectivity index (χ3v) is 2.63. The summed E-state index contributed by atoms with van der Waals surface area (Å²) in [5, 5.41) is 0. The molecule has 0 aliphatic rings. The lowest BCUT2D eigenvalue weighted by Gasteiger charge is -2.09. The van der Waals surface area contributed by atoms with E-state index in [0.717, 1.165) is 0 Å². The van der Waals surface area contributed by atoms with E-state index < -0.39 is 5.82 Å². The van der Waals surface area contributed by atoms with Crippen LogP contribution >= 0.6 is 0 Å². The molecule has 0 radical (unpaired) electrons. The molecule has 0 saturated carbocycles. The molecule has 19 heavy (non-hydrogen) atoms. The number of ether oxygens (including phenoxy) is 1. The van der Waals surface area contributed by atoms with Crippen molar-refractivity contribution in [3.05, 3.63) is 59.4 Å². The van der Waals surface area contributed by atoms with Crippen molar-refractivity contribution in [2.45, 2.75) is 6.92 Å². The van der Waals surface area contributed by atoms with Crippen LogP contribution in [0.4, 0.5) is 10.1 Å². The Balaban J connectivity index is 2.45. The Kier molecular flexibility index (Phi) is 3.80. The molecule has 98 valence electrons. The zero-order chi connectivity index (χ0) is 13.8. The van der Waals surface area contributed by atoms with Crippen LogP contribution in [0.15, 0.2) is 42.5 Å². The van der Waals surface area contributed by atoms with Crippen LogP contribution in [0.3, 0.4) is 0 Å². The number of nitrogens with two attached hydrogens (primary N) is 1. The summed E-state index contributed by atoms with van der Waals surface area (Å²) in [5.41, 5.74) is 6.74. The largest absolute Gasteiger partial charge is 0.493 e. The van der Waals surface area contributed by atoms with Gasteiger partial charge in [0.1, 0.15) is 11.6 Å². The van der Waals surface area contributed by atoms with Crippen molar-refractivity contribution in [1.82, 2.24) is 0 Å². The van der Waals surface area contributed by atoms with E-state index in [9.17, 15) is 9.18 Å². The minimum atomic E-state index is -0.476. The Morgan fingerprint density at radius 2 is 2.05 bits per heavy atom. The minimum Gasteiger partial charge on any atom is -0.493 e. The zero-order valence-corrected chi connectivity index (χ0v) is 10.5. The maximum atomic E-state index is 13.3. The zero-order valence-electron chi connectivity index (χ0n) is 10.5. The first kappa shape index (κ1) is 13.1. The van der Waals surface area contributed by atoms with Gasteiger partial charge in [0.25, 0.3) is 0 Å². The van der Waals surface area contributed by atoms with Gasteiger partial charge in [0.05, 0.1) is 12.2 Å².